The first-order valence-electron chi connectivity index (χ1n) is 6.23. The molecular weight excluding hydrogens is 336 g/mol. The van der Waals surface area contributed by atoms with Gasteiger partial charge in [-0.2, -0.15) is 5.10 Å². The zero-order chi connectivity index (χ0) is 13.9. The molecule has 0 amide bonds. The molecule has 0 atom stereocenters. The third kappa shape index (κ3) is 2.65. The molecule has 3 aromatic rings. The molecule has 2 nitrogen and oxygen atoms in total. The first-order chi connectivity index (χ1) is 9.78. The van der Waals surface area contributed by atoms with Crippen LogP contribution in [0.1, 0.15) is 5.56 Å². The van der Waals surface area contributed by atoms with E-state index in [0.29, 0.717) is 5.88 Å². The molecule has 0 aliphatic carbocycles. The van der Waals surface area contributed by atoms with E-state index in [1.54, 1.807) is 0 Å². The van der Waals surface area contributed by atoms with Crippen LogP contribution < -0.4 is 0 Å². The standard InChI is InChI=1S/C16H12BrClN2/c17-16-8-15(7-6-13(16)9-18)20-11-14(10-19-20)12-4-2-1-3-5-12/h1-8,10-11H,9H2. The van der Waals surface area contributed by atoms with Crippen molar-refractivity contribution in [2.45, 2.75) is 5.88 Å². The van der Waals surface area contributed by atoms with Crippen LogP contribution in [-0.2, 0) is 5.88 Å². The highest BCUT2D eigenvalue weighted by Gasteiger charge is 2.05. The molecule has 0 bridgehead atoms. The van der Waals surface area contributed by atoms with Crippen LogP contribution in [0.15, 0.2) is 65.4 Å². The van der Waals surface area contributed by atoms with Crippen LogP contribution in [-0.4, -0.2) is 9.78 Å². The van der Waals surface area contributed by atoms with Crippen LogP contribution in [0.2, 0.25) is 0 Å². The zero-order valence-electron chi connectivity index (χ0n) is 10.6. The molecular formula is C16H12BrClN2. The number of hydrogen-bond donors (Lipinski definition) is 0. The first kappa shape index (κ1) is 13.4. The second-order valence-electron chi connectivity index (χ2n) is 4.45. The largest absolute Gasteiger partial charge is 0.240 e. The summed E-state index contributed by atoms with van der Waals surface area (Å²) >= 11 is 9.39. The van der Waals surface area contributed by atoms with Gasteiger partial charge in [0.2, 0.25) is 0 Å². The molecule has 0 spiro atoms. The Balaban J connectivity index is 1.96. The van der Waals surface area contributed by atoms with E-state index >= 15 is 0 Å². The summed E-state index contributed by atoms with van der Waals surface area (Å²) in [6.07, 6.45) is 3.90. The Hall–Kier alpha value is -1.58. The maximum Gasteiger partial charge on any atom is 0.0657 e. The number of benzene rings is 2. The summed E-state index contributed by atoms with van der Waals surface area (Å²) in [5.74, 6) is 0.495. The fourth-order valence-electron chi connectivity index (χ4n) is 2.03. The monoisotopic (exact) mass is 346 g/mol. The molecule has 2 aromatic carbocycles. The van der Waals surface area contributed by atoms with E-state index in [-0.39, 0.29) is 0 Å². The van der Waals surface area contributed by atoms with Gasteiger partial charge < -0.3 is 0 Å². The fourth-order valence-corrected chi connectivity index (χ4v) is 2.93. The van der Waals surface area contributed by atoms with E-state index in [1.807, 2.05) is 53.5 Å². The van der Waals surface area contributed by atoms with Crippen LogP contribution in [0.5, 0.6) is 0 Å². The molecule has 0 saturated heterocycles. The topological polar surface area (TPSA) is 17.8 Å². The molecule has 100 valence electrons. The molecule has 0 N–H and O–H groups in total. The summed E-state index contributed by atoms with van der Waals surface area (Å²) in [5.41, 5.74) is 4.34. The number of halogens is 2. The summed E-state index contributed by atoms with van der Waals surface area (Å²) in [4.78, 5) is 0. The van der Waals surface area contributed by atoms with Crippen LogP contribution in [0.3, 0.4) is 0 Å². The zero-order valence-corrected chi connectivity index (χ0v) is 13.0. The van der Waals surface area contributed by atoms with Crippen molar-refractivity contribution in [3.05, 3.63) is 71.0 Å². The highest BCUT2D eigenvalue weighted by Crippen LogP contribution is 2.24. The van der Waals surface area contributed by atoms with Gasteiger partial charge in [-0.05, 0) is 23.3 Å². The predicted octanol–water partition coefficient (Wildman–Crippen LogP) is 5.04. The minimum absolute atomic E-state index is 0.495. The quantitative estimate of drug-likeness (QED) is 0.607. The number of rotatable bonds is 3. The summed E-state index contributed by atoms with van der Waals surface area (Å²) < 4.78 is 2.87. The molecule has 0 unspecified atom stereocenters. The summed E-state index contributed by atoms with van der Waals surface area (Å²) in [6.45, 7) is 0. The van der Waals surface area contributed by atoms with Gasteiger partial charge >= 0.3 is 0 Å². The maximum absolute atomic E-state index is 5.86. The van der Waals surface area contributed by atoms with Crippen molar-refractivity contribution in [1.82, 2.24) is 9.78 Å². The molecule has 4 heteroatoms. The van der Waals surface area contributed by atoms with Crippen molar-refractivity contribution in [1.29, 1.82) is 0 Å². The minimum atomic E-state index is 0.495. The van der Waals surface area contributed by atoms with Gasteiger partial charge in [-0.3, -0.25) is 0 Å². The van der Waals surface area contributed by atoms with Crippen LogP contribution in [0.25, 0.3) is 16.8 Å². The molecule has 1 aromatic heterocycles. The number of alkyl halides is 1. The number of hydrogen-bond acceptors (Lipinski definition) is 1. The number of aromatic nitrogens is 2. The minimum Gasteiger partial charge on any atom is -0.240 e. The van der Waals surface area contributed by atoms with Gasteiger partial charge in [0.25, 0.3) is 0 Å². The molecule has 0 saturated carbocycles. The third-order valence-corrected chi connectivity index (χ3v) is 4.16. The molecule has 0 aliphatic rings. The van der Waals surface area contributed by atoms with Crippen LogP contribution in [0, 0.1) is 0 Å². The summed E-state index contributed by atoms with van der Waals surface area (Å²) in [5, 5.41) is 4.42. The van der Waals surface area contributed by atoms with Gasteiger partial charge in [0.15, 0.2) is 0 Å². The van der Waals surface area contributed by atoms with Gasteiger partial charge in [-0.25, -0.2) is 4.68 Å². The highest BCUT2D eigenvalue weighted by molar-refractivity contribution is 9.10. The lowest BCUT2D eigenvalue weighted by molar-refractivity contribution is 0.879. The van der Waals surface area contributed by atoms with Gasteiger partial charge in [0.1, 0.15) is 0 Å². The van der Waals surface area contributed by atoms with E-state index in [4.69, 9.17) is 11.6 Å². The predicted molar refractivity (Wildman–Crippen MR) is 86.3 cm³/mol. The Bertz CT molecular complexity index is 722. The average molecular weight is 348 g/mol. The van der Waals surface area contributed by atoms with Gasteiger partial charge in [-0.15, -0.1) is 11.6 Å². The molecule has 1 heterocycles. The number of nitrogens with zero attached hydrogens (tertiary/aromatic N) is 2. The maximum atomic E-state index is 5.86. The van der Waals surface area contributed by atoms with Crippen molar-refractivity contribution in [3.63, 3.8) is 0 Å². The van der Waals surface area contributed by atoms with Gasteiger partial charge in [0, 0.05) is 22.1 Å². The fraction of sp³-hybridized carbons (Fsp3) is 0.0625. The highest BCUT2D eigenvalue weighted by atomic mass is 79.9. The van der Waals surface area contributed by atoms with Gasteiger partial charge in [0.05, 0.1) is 11.9 Å². The molecule has 0 aliphatic heterocycles. The molecule has 0 radical (unpaired) electrons. The Morgan fingerprint density at radius 1 is 1.05 bits per heavy atom. The Morgan fingerprint density at radius 2 is 1.85 bits per heavy atom. The lowest BCUT2D eigenvalue weighted by Gasteiger charge is -2.05. The van der Waals surface area contributed by atoms with Crippen molar-refractivity contribution in [2.24, 2.45) is 0 Å². The van der Waals surface area contributed by atoms with E-state index in [9.17, 15) is 0 Å². The molecule has 20 heavy (non-hydrogen) atoms. The normalized spacial score (nSPS) is 10.7. The second kappa shape index (κ2) is 5.81. The first-order valence-corrected chi connectivity index (χ1v) is 7.55. The Labute approximate surface area is 131 Å². The summed E-state index contributed by atoms with van der Waals surface area (Å²) in [7, 11) is 0. The van der Waals surface area contributed by atoms with E-state index in [0.717, 1.165) is 26.9 Å². The molecule has 3 rings (SSSR count). The SMILES string of the molecule is ClCc1ccc(-n2cc(-c3ccccc3)cn2)cc1Br. The lowest BCUT2D eigenvalue weighted by atomic mass is 10.1. The Kier molecular flexibility index (Phi) is 3.90. The third-order valence-electron chi connectivity index (χ3n) is 3.13. The molecule has 0 fully saturated rings. The van der Waals surface area contributed by atoms with E-state index < -0.39 is 0 Å². The van der Waals surface area contributed by atoms with Gasteiger partial charge in [-0.1, -0.05) is 52.3 Å². The van der Waals surface area contributed by atoms with Crippen molar-refractivity contribution in [3.8, 4) is 16.8 Å². The van der Waals surface area contributed by atoms with Crippen LogP contribution >= 0.6 is 27.5 Å². The van der Waals surface area contributed by atoms with Crippen LogP contribution in [0.4, 0.5) is 0 Å². The average Bonchev–Trinajstić information content (AvgIpc) is 2.98. The smallest absolute Gasteiger partial charge is 0.0657 e. The van der Waals surface area contributed by atoms with E-state index in [2.05, 4.69) is 33.2 Å². The second-order valence-corrected chi connectivity index (χ2v) is 5.57. The van der Waals surface area contributed by atoms with Crippen molar-refractivity contribution in [2.75, 3.05) is 0 Å². The van der Waals surface area contributed by atoms with Crippen molar-refractivity contribution < 1.29 is 0 Å². The lowest BCUT2D eigenvalue weighted by Crippen LogP contribution is -1.95. The Morgan fingerprint density at radius 3 is 2.55 bits per heavy atom. The van der Waals surface area contributed by atoms with Crippen molar-refractivity contribution >= 4 is 27.5 Å². The summed E-state index contributed by atoms with van der Waals surface area (Å²) in [6, 6.07) is 16.3. The van der Waals surface area contributed by atoms with E-state index in [1.165, 1.54) is 0 Å².